The number of ether oxygens (including phenoxy) is 2. The van der Waals surface area contributed by atoms with Crippen LogP contribution in [0.4, 0.5) is 0 Å². The number of benzene rings is 2. The first-order chi connectivity index (χ1) is 14.0. The summed E-state index contributed by atoms with van der Waals surface area (Å²) in [5.41, 5.74) is 2.24. The van der Waals surface area contributed by atoms with Gasteiger partial charge in [0.1, 0.15) is 12.0 Å². The zero-order valence-electron chi connectivity index (χ0n) is 17.0. The third-order valence-corrected chi connectivity index (χ3v) is 4.45. The van der Waals surface area contributed by atoms with Gasteiger partial charge in [-0.1, -0.05) is 42.5 Å². The molecule has 6 nitrogen and oxygen atoms in total. The first-order valence-electron chi connectivity index (χ1n) is 10.1. The number of hydrogen-bond acceptors (Lipinski definition) is 6. The van der Waals surface area contributed by atoms with Gasteiger partial charge in [-0.15, -0.1) is 0 Å². The molecule has 0 spiro atoms. The molecule has 0 saturated heterocycles. The van der Waals surface area contributed by atoms with Crippen LogP contribution in [0.3, 0.4) is 0 Å². The van der Waals surface area contributed by atoms with E-state index < -0.39 is 12.3 Å². The van der Waals surface area contributed by atoms with Gasteiger partial charge in [-0.2, -0.15) is 0 Å². The average molecular weight is 404 g/mol. The highest BCUT2D eigenvalue weighted by Crippen LogP contribution is 2.12. The van der Waals surface area contributed by atoms with Crippen LogP contribution >= 0.6 is 0 Å². The summed E-state index contributed by atoms with van der Waals surface area (Å²) < 4.78 is 11.0. The van der Waals surface area contributed by atoms with Gasteiger partial charge in [0.15, 0.2) is 0 Å². The molecule has 2 aromatic rings. The number of aromatic hydroxyl groups is 1. The molecular formula is C23H33NO5. The molecule has 0 aromatic heterocycles. The molecule has 0 heterocycles. The van der Waals surface area contributed by atoms with Gasteiger partial charge in [-0.3, -0.25) is 5.32 Å². The van der Waals surface area contributed by atoms with Crippen LogP contribution in [0.15, 0.2) is 54.6 Å². The molecule has 0 aliphatic carbocycles. The highest BCUT2D eigenvalue weighted by atomic mass is 16.5. The topological polar surface area (TPSA) is 91.2 Å². The first-order valence-corrected chi connectivity index (χ1v) is 10.1. The summed E-state index contributed by atoms with van der Waals surface area (Å²) in [4.78, 5) is 0. The average Bonchev–Trinajstić information content (AvgIpc) is 2.71. The Balaban J connectivity index is 1.81. The van der Waals surface area contributed by atoms with E-state index in [2.05, 4.69) is 17.4 Å². The van der Waals surface area contributed by atoms with Gasteiger partial charge >= 0.3 is 0 Å². The second-order valence-electron chi connectivity index (χ2n) is 7.27. The van der Waals surface area contributed by atoms with E-state index >= 15 is 0 Å². The maximum atomic E-state index is 10.4. The Morgan fingerprint density at radius 2 is 1.52 bits per heavy atom. The minimum Gasteiger partial charge on any atom is -0.508 e. The van der Waals surface area contributed by atoms with E-state index in [-0.39, 0.29) is 18.4 Å². The summed E-state index contributed by atoms with van der Waals surface area (Å²) in [7, 11) is 0. The molecule has 0 saturated carbocycles. The number of aryl methyl sites for hydroxylation is 1. The monoisotopic (exact) mass is 403 g/mol. The van der Waals surface area contributed by atoms with Gasteiger partial charge in [-0.25, -0.2) is 0 Å². The second-order valence-corrected chi connectivity index (χ2v) is 7.27. The van der Waals surface area contributed by atoms with E-state index in [0.717, 1.165) is 12.0 Å². The largest absolute Gasteiger partial charge is 0.508 e. The number of phenolic OH excluding ortho intramolecular Hbond substituents is 1. The maximum absolute atomic E-state index is 10.4. The van der Waals surface area contributed by atoms with E-state index in [0.29, 0.717) is 32.7 Å². The zero-order chi connectivity index (χ0) is 20.9. The highest BCUT2D eigenvalue weighted by Gasteiger charge is 2.15. The number of aliphatic hydroxyl groups is 2. The molecule has 0 aliphatic heterocycles. The Kier molecular flexibility index (Phi) is 10.7. The Morgan fingerprint density at radius 1 is 0.862 bits per heavy atom. The molecule has 6 heteroatoms. The lowest BCUT2D eigenvalue weighted by Crippen LogP contribution is -2.43. The van der Waals surface area contributed by atoms with Crippen molar-refractivity contribution < 1.29 is 24.8 Å². The van der Waals surface area contributed by atoms with Crippen molar-refractivity contribution in [2.75, 3.05) is 26.4 Å². The summed E-state index contributed by atoms with van der Waals surface area (Å²) >= 11 is 0. The molecule has 3 atom stereocenters. The van der Waals surface area contributed by atoms with Crippen molar-refractivity contribution in [3.63, 3.8) is 0 Å². The van der Waals surface area contributed by atoms with Gasteiger partial charge in [-0.05, 0) is 49.4 Å². The van der Waals surface area contributed by atoms with Crippen molar-refractivity contribution in [2.24, 2.45) is 0 Å². The van der Waals surface area contributed by atoms with Crippen LogP contribution in [0.2, 0.25) is 0 Å². The molecule has 0 radical (unpaired) electrons. The molecule has 29 heavy (non-hydrogen) atoms. The quantitative estimate of drug-likeness (QED) is 0.286. The van der Waals surface area contributed by atoms with Crippen molar-refractivity contribution in [3.05, 3.63) is 65.7 Å². The molecule has 3 unspecified atom stereocenters. The van der Waals surface area contributed by atoms with Crippen LogP contribution < -0.4 is 5.32 Å². The first kappa shape index (κ1) is 23.3. The van der Waals surface area contributed by atoms with Gasteiger partial charge in [0.05, 0.1) is 32.5 Å². The van der Waals surface area contributed by atoms with Crippen LogP contribution in [-0.4, -0.2) is 60.1 Å². The normalized spacial score (nSPS) is 14.4. The van der Waals surface area contributed by atoms with Crippen molar-refractivity contribution in [1.29, 1.82) is 0 Å². The maximum Gasteiger partial charge on any atom is 0.115 e. The molecule has 2 aromatic carbocycles. The van der Waals surface area contributed by atoms with Crippen molar-refractivity contribution >= 4 is 0 Å². The molecule has 0 amide bonds. The van der Waals surface area contributed by atoms with Gasteiger partial charge < -0.3 is 24.8 Å². The fourth-order valence-corrected chi connectivity index (χ4v) is 2.98. The molecule has 0 bridgehead atoms. The Labute approximate surface area is 173 Å². The van der Waals surface area contributed by atoms with Crippen LogP contribution in [-0.2, 0) is 22.3 Å². The number of nitrogens with one attached hydrogen (secondary N) is 1. The number of aliphatic hydroxyl groups excluding tert-OH is 2. The lowest BCUT2D eigenvalue weighted by atomic mass is 10.0. The summed E-state index contributed by atoms with van der Waals surface area (Å²) in [6, 6.07) is 17.0. The summed E-state index contributed by atoms with van der Waals surface area (Å²) in [5, 5.41) is 32.3. The van der Waals surface area contributed by atoms with E-state index in [4.69, 9.17) is 9.47 Å². The molecular weight excluding hydrogens is 370 g/mol. The Morgan fingerprint density at radius 3 is 2.17 bits per heavy atom. The fraction of sp³-hybridized carbons (Fsp3) is 0.478. The van der Waals surface area contributed by atoms with Crippen LogP contribution in [0.1, 0.15) is 24.5 Å². The Bertz CT molecular complexity index is 663. The standard InChI is InChI=1S/C23H33NO5/c1-18(25)16-28-13-14-29-17-21(15-20-7-10-22(26)11-8-20)24-23(27)12-9-19-5-3-2-4-6-19/h2-8,10-11,18,21,23-27H,9,12-17H2,1H3. The zero-order valence-corrected chi connectivity index (χ0v) is 17.0. The minimum atomic E-state index is -0.646. The lowest BCUT2D eigenvalue weighted by molar-refractivity contribution is 0.000786. The molecule has 4 N–H and O–H groups in total. The molecule has 0 fully saturated rings. The predicted molar refractivity (Wildman–Crippen MR) is 113 cm³/mol. The SMILES string of the molecule is CC(O)COCCOCC(Cc1ccc(O)cc1)NC(O)CCc1ccccc1. The van der Waals surface area contributed by atoms with E-state index in [1.807, 2.05) is 30.3 Å². The van der Waals surface area contributed by atoms with Crippen molar-refractivity contribution in [2.45, 2.75) is 44.6 Å². The van der Waals surface area contributed by atoms with Gasteiger partial charge in [0.2, 0.25) is 0 Å². The highest BCUT2D eigenvalue weighted by molar-refractivity contribution is 5.26. The molecule has 160 valence electrons. The van der Waals surface area contributed by atoms with E-state index in [1.54, 1.807) is 19.1 Å². The van der Waals surface area contributed by atoms with E-state index in [9.17, 15) is 15.3 Å². The third kappa shape index (κ3) is 10.4. The summed E-state index contributed by atoms with van der Waals surface area (Å²) in [6.45, 7) is 3.21. The summed E-state index contributed by atoms with van der Waals surface area (Å²) in [5.74, 6) is 0.229. The van der Waals surface area contributed by atoms with E-state index in [1.165, 1.54) is 5.56 Å². The Hall–Kier alpha value is -1.96. The molecule has 2 rings (SSSR count). The lowest BCUT2D eigenvalue weighted by Gasteiger charge is -2.23. The van der Waals surface area contributed by atoms with Gasteiger partial charge in [0, 0.05) is 6.04 Å². The van der Waals surface area contributed by atoms with Crippen LogP contribution in [0, 0.1) is 0 Å². The summed E-state index contributed by atoms with van der Waals surface area (Å²) in [6.07, 6.45) is 0.922. The number of rotatable bonds is 14. The van der Waals surface area contributed by atoms with Crippen LogP contribution in [0.5, 0.6) is 5.75 Å². The second kappa shape index (κ2) is 13.3. The predicted octanol–water partition coefficient (Wildman–Crippen LogP) is 2.26. The fourth-order valence-electron chi connectivity index (χ4n) is 2.98. The molecule has 0 aliphatic rings. The minimum absolute atomic E-state index is 0.0814. The van der Waals surface area contributed by atoms with Crippen molar-refractivity contribution in [3.8, 4) is 5.75 Å². The number of hydrogen-bond donors (Lipinski definition) is 4. The number of phenols is 1. The van der Waals surface area contributed by atoms with Crippen molar-refractivity contribution in [1.82, 2.24) is 5.32 Å². The smallest absolute Gasteiger partial charge is 0.115 e. The third-order valence-electron chi connectivity index (χ3n) is 4.45. The van der Waals surface area contributed by atoms with Crippen LogP contribution in [0.25, 0.3) is 0 Å². The van der Waals surface area contributed by atoms with Gasteiger partial charge in [0.25, 0.3) is 0 Å².